The van der Waals surface area contributed by atoms with Crippen molar-refractivity contribution in [1.82, 2.24) is 0 Å². The van der Waals surface area contributed by atoms with E-state index in [1.165, 1.54) is 16.7 Å². The molecule has 0 radical (unpaired) electrons. The molecular formula is C21H21F6SSb. The van der Waals surface area contributed by atoms with Crippen LogP contribution in [0.25, 0.3) is 0 Å². The van der Waals surface area contributed by atoms with E-state index in [-0.39, 0.29) is 0 Å². The maximum Gasteiger partial charge on any atom is 0.133 e. The third kappa shape index (κ3) is 13.3. The van der Waals surface area contributed by atoms with Gasteiger partial charge in [-0.15, -0.1) is 0 Å². The molecule has 0 saturated carbocycles. The SMILES string of the molecule is [F][Sb-]([F])([F])([F])([F])[F].c1ccc(C[S+](Cc2ccccc2)Cc2ccccc2)cc1. The Labute approximate surface area is 171 Å². The third-order valence-electron chi connectivity index (χ3n) is 3.64. The smallest absolute Gasteiger partial charge is 0.0622 e. The van der Waals surface area contributed by atoms with Crippen LogP contribution in [-0.2, 0) is 28.2 Å². The molecule has 0 heterocycles. The summed E-state index contributed by atoms with van der Waals surface area (Å²) in [4.78, 5) is 0. The molecule has 0 saturated heterocycles. The zero-order valence-electron chi connectivity index (χ0n) is 15.4. The molecule has 29 heavy (non-hydrogen) atoms. The van der Waals surface area contributed by atoms with Crippen LogP contribution in [0.15, 0.2) is 91.0 Å². The number of halogens is 6. The molecule has 0 atom stereocenters. The van der Waals surface area contributed by atoms with E-state index >= 15 is 0 Å². The van der Waals surface area contributed by atoms with Gasteiger partial charge in [-0.1, -0.05) is 91.0 Å². The summed E-state index contributed by atoms with van der Waals surface area (Å²) >= 11 is -11.2. The van der Waals surface area contributed by atoms with E-state index in [0.29, 0.717) is 10.9 Å². The maximum atomic E-state index is 9.93. The first kappa shape index (κ1) is 23.7. The fraction of sp³-hybridized carbons (Fsp3) is 0.143. The van der Waals surface area contributed by atoms with Gasteiger partial charge >= 0.3 is 36.4 Å². The van der Waals surface area contributed by atoms with Gasteiger partial charge in [-0.3, -0.25) is 0 Å². The van der Waals surface area contributed by atoms with Crippen LogP contribution in [0.1, 0.15) is 16.7 Å². The van der Waals surface area contributed by atoms with Crippen molar-refractivity contribution in [3.8, 4) is 0 Å². The largest absolute Gasteiger partial charge is 0.133 e. The van der Waals surface area contributed by atoms with Crippen LogP contribution >= 0.6 is 0 Å². The van der Waals surface area contributed by atoms with Gasteiger partial charge in [-0.2, -0.15) is 0 Å². The second kappa shape index (κ2) is 9.05. The molecule has 0 aliphatic rings. The summed E-state index contributed by atoms with van der Waals surface area (Å²) in [7, 11) is 0.323. The third-order valence-corrected chi connectivity index (χ3v) is 5.87. The topological polar surface area (TPSA) is 0 Å². The zero-order valence-corrected chi connectivity index (χ0v) is 18.8. The van der Waals surface area contributed by atoms with Gasteiger partial charge in [-0.25, -0.2) is 0 Å². The van der Waals surface area contributed by atoms with Gasteiger partial charge in [0, 0.05) is 27.6 Å². The van der Waals surface area contributed by atoms with Gasteiger partial charge in [0.1, 0.15) is 17.3 Å². The molecule has 3 rings (SSSR count). The molecule has 158 valence electrons. The molecule has 0 bridgehead atoms. The predicted octanol–water partition coefficient (Wildman–Crippen LogP) is 7.35. The van der Waals surface area contributed by atoms with Crippen LogP contribution < -0.4 is 0 Å². The Kier molecular flexibility index (Phi) is 7.39. The quantitative estimate of drug-likeness (QED) is 0.174. The van der Waals surface area contributed by atoms with Gasteiger partial charge in [0.05, 0.1) is 0 Å². The van der Waals surface area contributed by atoms with E-state index in [2.05, 4.69) is 91.0 Å². The molecule has 0 nitrogen and oxygen atoms in total. The number of hydrogen-bond acceptors (Lipinski definition) is 0. The predicted molar refractivity (Wildman–Crippen MR) is 110 cm³/mol. The van der Waals surface area contributed by atoms with Crippen molar-refractivity contribution in [2.24, 2.45) is 0 Å². The minimum absolute atomic E-state index is 0.323. The standard InChI is InChI=1S/C21H21S.6FH.Sb/c1-4-10-19(11-5-1)16-22(17-20-12-6-2-7-13-20)18-21-14-8-3-9-15-21;;;;;;;/h1-15H,16-18H2;6*1H;/q+1;;;;;;;+5/p-6. The van der Waals surface area contributed by atoms with Gasteiger partial charge in [0.2, 0.25) is 0 Å². The molecular weight excluding hydrogens is 520 g/mol. The molecule has 0 unspecified atom stereocenters. The van der Waals surface area contributed by atoms with Crippen molar-refractivity contribution in [2.75, 3.05) is 0 Å². The summed E-state index contributed by atoms with van der Waals surface area (Å²) in [5, 5.41) is 0. The Morgan fingerprint density at radius 3 is 0.862 bits per heavy atom. The Morgan fingerprint density at radius 1 is 0.448 bits per heavy atom. The second-order valence-electron chi connectivity index (χ2n) is 6.46. The second-order valence-corrected chi connectivity index (χ2v) is 14.0. The minimum atomic E-state index is -11.2. The van der Waals surface area contributed by atoms with Crippen molar-refractivity contribution < 1.29 is 16.9 Å². The van der Waals surface area contributed by atoms with E-state index in [4.69, 9.17) is 0 Å². The van der Waals surface area contributed by atoms with Crippen molar-refractivity contribution in [3.63, 3.8) is 0 Å². The molecule has 3 aromatic carbocycles. The van der Waals surface area contributed by atoms with Crippen LogP contribution in [0.4, 0.5) is 16.9 Å². The van der Waals surface area contributed by atoms with E-state index in [1.54, 1.807) is 0 Å². The molecule has 0 spiro atoms. The summed E-state index contributed by atoms with van der Waals surface area (Å²) in [6.45, 7) is 0. The number of benzene rings is 3. The monoisotopic (exact) mass is 540 g/mol. The van der Waals surface area contributed by atoms with E-state index in [9.17, 15) is 16.9 Å². The number of rotatable bonds is 6. The van der Waals surface area contributed by atoms with Crippen molar-refractivity contribution >= 4 is 30.4 Å². The first-order chi connectivity index (χ1) is 13.3. The van der Waals surface area contributed by atoms with Gasteiger partial charge in [0.15, 0.2) is 0 Å². The van der Waals surface area contributed by atoms with Crippen molar-refractivity contribution in [3.05, 3.63) is 108 Å². The van der Waals surface area contributed by atoms with Gasteiger partial charge in [-0.05, 0) is 0 Å². The fourth-order valence-electron chi connectivity index (χ4n) is 2.58. The molecule has 0 aliphatic heterocycles. The minimum Gasteiger partial charge on any atom is -0.0622 e. The summed E-state index contributed by atoms with van der Waals surface area (Å²) in [5.74, 6) is 3.47. The van der Waals surface area contributed by atoms with E-state index < -0.39 is 19.5 Å². The van der Waals surface area contributed by atoms with Crippen LogP contribution in [0, 0.1) is 0 Å². The molecule has 0 amide bonds. The van der Waals surface area contributed by atoms with Gasteiger partial charge < -0.3 is 0 Å². The Balaban J connectivity index is 0.000000370. The van der Waals surface area contributed by atoms with Crippen LogP contribution in [0.5, 0.6) is 0 Å². The summed E-state index contributed by atoms with van der Waals surface area (Å²) in [6.07, 6.45) is 0. The Hall–Kier alpha value is -1.59. The Bertz CT molecular complexity index is 759. The normalized spacial score (nSPS) is 13.8. The van der Waals surface area contributed by atoms with Crippen LogP contribution in [-0.4, -0.2) is 19.5 Å². The summed E-state index contributed by atoms with van der Waals surface area (Å²) < 4.78 is 59.6. The average molecular weight is 541 g/mol. The molecule has 3 aromatic rings. The first-order valence-corrected chi connectivity index (χ1v) is 16.2. The molecule has 0 N–H and O–H groups in total. The van der Waals surface area contributed by atoms with Crippen LogP contribution in [0.3, 0.4) is 0 Å². The van der Waals surface area contributed by atoms with Gasteiger partial charge in [0.25, 0.3) is 0 Å². The summed E-state index contributed by atoms with van der Waals surface area (Å²) in [5.41, 5.74) is 4.33. The Morgan fingerprint density at radius 2 is 0.655 bits per heavy atom. The van der Waals surface area contributed by atoms with E-state index in [1.807, 2.05) is 0 Å². The fourth-order valence-corrected chi connectivity index (χ4v) is 4.88. The zero-order chi connectivity index (χ0) is 21.4. The molecule has 0 aliphatic carbocycles. The number of hydrogen-bond donors (Lipinski definition) is 0. The van der Waals surface area contributed by atoms with Crippen molar-refractivity contribution in [1.29, 1.82) is 0 Å². The average Bonchev–Trinajstić information content (AvgIpc) is 2.62. The van der Waals surface area contributed by atoms with E-state index in [0.717, 1.165) is 17.3 Å². The molecule has 0 aromatic heterocycles. The molecule has 8 heteroatoms. The maximum absolute atomic E-state index is 11.2. The van der Waals surface area contributed by atoms with Crippen LogP contribution in [0.2, 0.25) is 0 Å². The summed E-state index contributed by atoms with van der Waals surface area (Å²) in [6, 6.07) is 32.6. The molecule has 0 fully saturated rings. The van der Waals surface area contributed by atoms with Crippen molar-refractivity contribution in [2.45, 2.75) is 17.3 Å². The first-order valence-electron chi connectivity index (χ1n) is 8.67.